The van der Waals surface area contributed by atoms with Gasteiger partial charge in [0.2, 0.25) is 5.91 Å². The molecule has 1 fully saturated rings. The zero-order valence-corrected chi connectivity index (χ0v) is 18.9. The van der Waals surface area contributed by atoms with E-state index in [2.05, 4.69) is 29.6 Å². The van der Waals surface area contributed by atoms with Gasteiger partial charge in [-0.25, -0.2) is 0 Å². The number of nitrogens with one attached hydrogen (secondary N) is 1. The van der Waals surface area contributed by atoms with Crippen LogP contribution in [-0.2, 0) is 17.6 Å². The average molecular weight is 445 g/mol. The molecule has 1 atom stereocenters. The molecule has 1 heterocycles. The van der Waals surface area contributed by atoms with Crippen molar-refractivity contribution in [3.63, 3.8) is 0 Å². The molecule has 0 radical (unpaired) electrons. The van der Waals surface area contributed by atoms with Crippen molar-refractivity contribution in [1.82, 2.24) is 10.2 Å². The smallest absolute Gasteiger partial charge is 0.251 e. The predicted molar refractivity (Wildman–Crippen MR) is 131 cm³/mol. The summed E-state index contributed by atoms with van der Waals surface area (Å²) in [6.07, 6.45) is 2.70. The minimum Gasteiger partial charge on any atom is -0.352 e. The van der Waals surface area contributed by atoms with Gasteiger partial charge in [0.1, 0.15) is 5.37 Å². The summed E-state index contributed by atoms with van der Waals surface area (Å²) < 4.78 is 0. The van der Waals surface area contributed by atoms with Crippen molar-refractivity contribution in [3.8, 4) is 0 Å². The van der Waals surface area contributed by atoms with Crippen molar-refractivity contribution < 1.29 is 9.59 Å². The Morgan fingerprint density at radius 2 is 1.50 bits per heavy atom. The first kappa shape index (κ1) is 22.2. The highest BCUT2D eigenvalue weighted by Crippen LogP contribution is 2.38. The van der Waals surface area contributed by atoms with Crippen LogP contribution in [-0.4, -0.2) is 35.6 Å². The average Bonchev–Trinajstić information content (AvgIpc) is 3.22. The molecule has 0 bridgehead atoms. The van der Waals surface area contributed by atoms with Crippen LogP contribution in [0.15, 0.2) is 84.9 Å². The molecule has 164 valence electrons. The summed E-state index contributed by atoms with van der Waals surface area (Å²) in [6.45, 7) is 1.35. The molecule has 32 heavy (non-hydrogen) atoms. The van der Waals surface area contributed by atoms with E-state index in [1.807, 2.05) is 65.6 Å². The molecule has 0 aliphatic carbocycles. The molecule has 5 heteroatoms. The number of hydrogen-bond acceptors (Lipinski definition) is 3. The van der Waals surface area contributed by atoms with Gasteiger partial charge in [-0.1, -0.05) is 72.8 Å². The quantitative estimate of drug-likeness (QED) is 0.479. The molecule has 4 rings (SSSR count). The molecule has 1 aliphatic heterocycles. The minimum absolute atomic E-state index is 0.00851. The van der Waals surface area contributed by atoms with E-state index in [9.17, 15) is 9.59 Å². The Labute approximate surface area is 194 Å². The van der Waals surface area contributed by atoms with Gasteiger partial charge in [-0.15, -0.1) is 11.8 Å². The van der Waals surface area contributed by atoms with E-state index in [1.54, 1.807) is 11.8 Å². The number of benzene rings is 3. The number of nitrogens with zero attached hydrogens (tertiary/aromatic N) is 1. The summed E-state index contributed by atoms with van der Waals surface area (Å²) in [7, 11) is 0. The van der Waals surface area contributed by atoms with Crippen LogP contribution in [0.2, 0.25) is 0 Å². The summed E-state index contributed by atoms with van der Waals surface area (Å²) in [6, 6.07) is 28.2. The minimum atomic E-state index is -0.0549. The molecule has 3 aromatic rings. The number of carbonyl (C=O) groups is 2. The second kappa shape index (κ2) is 11.0. The fourth-order valence-electron chi connectivity index (χ4n) is 3.91. The van der Waals surface area contributed by atoms with Crippen LogP contribution in [0.1, 0.15) is 38.8 Å². The molecular formula is C27H28N2O2S. The molecule has 0 spiro atoms. The van der Waals surface area contributed by atoms with E-state index in [4.69, 9.17) is 0 Å². The monoisotopic (exact) mass is 444 g/mol. The molecule has 4 nitrogen and oxygen atoms in total. The topological polar surface area (TPSA) is 49.4 Å². The Hall–Kier alpha value is -3.05. The van der Waals surface area contributed by atoms with Crippen molar-refractivity contribution in [2.45, 2.75) is 24.6 Å². The van der Waals surface area contributed by atoms with Gasteiger partial charge in [0, 0.05) is 18.7 Å². The van der Waals surface area contributed by atoms with Crippen LogP contribution < -0.4 is 5.32 Å². The standard InChI is InChI=1S/C27H28N2O2S/c30-25-20-32-27(29(25)19-17-22-10-5-2-6-11-22)24-15-13-23(14-16-24)26(31)28-18-7-12-21-8-3-1-4-9-21/h1-6,8-11,13-16,27H,7,12,17-20H2,(H,28,31)/t27-/m0/s1. The lowest BCUT2D eigenvalue weighted by molar-refractivity contribution is -0.128. The molecule has 3 aromatic carbocycles. The maximum absolute atomic E-state index is 12.5. The molecule has 0 unspecified atom stereocenters. The van der Waals surface area contributed by atoms with E-state index in [0.717, 1.165) is 24.8 Å². The molecule has 1 N–H and O–H groups in total. The third-order valence-corrected chi connectivity index (χ3v) is 6.94. The SMILES string of the molecule is O=C(NCCCc1ccccc1)c1ccc([C@@H]2SCC(=O)N2CCc2ccccc2)cc1. The van der Waals surface area contributed by atoms with Gasteiger partial charge in [0.05, 0.1) is 5.75 Å². The Morgan fingerprint density at radius 3 is 2.16 bits per heavy atom. The molecule has 0 saturated carbocycles. The molecule has 1 saturated heterocycles. The van der Waals surface area contributed by atoms with Gasteiger partial charge in [-0.2, -0.15) is 0 Å². The molecule has 2 amide bonds. The van der Waals surface area contributed by atoms with Crippen molar-refractivity contribution >= 4 is 23.6 Å². The summed E-state index contributed by atoms with van der Waals surface area (Å²) in [5.74, 6) is 0.625. The van der Waals surface area contributed by atoms with Crippen molar-refractivity contribution in [2.24, 2.45) is 0 Å². The second-order valence-electron chi connectivity index (χ2n) is 7.95. The van der Waals surface area contributed by atoms with Gasteiger partial charge >= 0.3 is 0 Å². The zero-order chi connectivity index (χ0) is 22.2. The number of amides is 2. The lowest BCUT2D eigenvalue weighted by atomic mass is 10.1. The first-order valence-electron chi connectivity index (χ1n) is 11.1. The molecule has 1 aliphatic rings. The van der Waals surface area contributed by atoms with Gasteiger partial charge < -0.3 is 10.2 Å². The number of aryl methyl sites for hydroxylation is 1. The van der Waals surface area contributed by atoms with Crippen molar-refractivity contribution in [3.05, 3.63) is 107 Å². The first-order chi connectivity index (χ1) is 15.7. The van der Waals surface area contributed by atoms with Crippen LogP contribution in [0.25, 0.3) is 0 Å². The molecule has 0 aromatic heterocycles. The summed E-state index contributed by atoms with van der Waals surface area (Å²) >= 11 is 1.65. The van der Waals surface area contributed by atoms with Crippen LogP contribution >= 0.6 is 11.8 Å². The van der Waals surface area contributed by atoms with Crippen molar-refractivity contribution in [2.75, 3.05) is 18.8 Å². The normalized spacial score (nSPS) is 15.7. The number of hydrogen-bond donors (Lipinski definition) is 1. The second-order valence-corrected chi connectivity index (χ2v) is 9.02. The number of thioether (sulfide) groups is 1. The Morgan fingerprint density at radius 1 is 0.875 bits per heavy atom. The fourth-order valence-corrected chi connectivity index (χ4v) is 5.13. The third kappa shape index (κ3) is 5.80. The van der Waals surface area contributed by atoms with Crippen LogP contribution in [0, 0.1) is 0 Å². The highest BCUT2D eigenvalue weighted by Gasteiger charge is 2.32. The maximum Gasteiger partial charge on any atom is 0.251 e. The highest BCUT2D eigenvalue weighted by atomic mass is 32.2. The van der Waals surface area contributed by atoms with Gasteiger partial charge in [-0.3, -0.25) is 9.59 Å². The predicted octanol–water partition coefficient (Wildman–Crippen LogP) is 4.87. The van der Waals surface area contributed by atoms with Gasteiger partial charge in [0.15, 0.2) is 0 Å². The lowest BCUT2D eigenvalue weighted by Crippen LogP contribution is -2.30. The Balaban J connectivity index is 1.29. The van der Waals surface area contributed by atoms with E-state index >= 15 is 0 Å². The summed E-state index contributed by atoms with van der Waals surface area (Å²) in [4.78, 5) is 26.9. The fraction of sp³-hybridized carbons (Fsp3) is 0.259. The Bertz CT molecular complexity index is 1020. The van der Waals surface area contributed by atoms with E-state index in [1.165, 1.54) is 11.1 Å². The Kier molecular flexibility index (Phi) is 7.62. The van der Waals surface area contributed by atoms with Crippen LogP contribution in [0.4, 0.5) is 0 Å². The first-order valence-corrected chi connectivity index (χ1v) is 12.1. The summed E-state index contributed by atoms with van der Waals surface area (Å²) in [5, 5.41) is 3.01. The van der Waals surface area contributed by atoms with Gasteiger partial charge in [-0.05, 0) is 48.1 Å². The summed E-state index contributed by atoms with van der Waals surface area (Å²) in [5.41, 5.74) is 4.23. The lowest BCUT2D eigenvalue weighted by Gasteiger charge is -2.24. The van der Waals surface area contributed by atoms with Crippen LogP contribution in [0.3, 0.4) is 0 Å². The van der Waals surface area contributed by atoms with Crippen molar-refractivity contribution in [1.29, 1.82) is 0 Å². The van der Waals surface area contributed by atoms with E-state index < -0.39 is 0 Å². The largest absolute Gasteiger partial charge is 0.352 e. The van der Waals surface area contributed by atoms with E-state index in [0.29, 0.717) is 24.4 Å². The van der Waals surface area contributed by atoms with Crippen LogP contribution in [0.5, 0.6) is 0 Å². The maximum atomic E-state index is 12.5. The zero-order valence-electron chi connectivity index (χ0n) is 18.1. The number of rotatable bonds is 9. The van der Waals surface area contributed by atoms with Gasteiger partial charge in [0.25, 0.3) is 5.91 Å². The highest BCUT2D eigenvalue weighted by molar-refractivity contribution is 8.00. The molecular weight excluding hydrogens is 416 g/mol. The third-order valence-electron chi connectivity index (χ3n) is 5.68. The number of carbonyl (C=O) groups excluding carboxylic acids is 2. The van der Waals surface area contributed by atoms with E-state index in [-0.39, 0.29) is 17.2 Å².